The van der Waals surface area contributed by atoms with E-state index in [1.54, 1.807) is 24.3 Å². The van der Waals surface area contributed by atoms with Gasteiger partial charge in [0.25, 0.3) is 0 Å². The van der Waals surface area contributed by atoms with E-state index in [0.717, 1.165) is 11.1 Å². The van der Waals surface area contributed by atoms with Crippen molar-refractivity contribution < 1.29 is 20.9 Å². The predicted octanol–water partition coefficient (Wildman–Crippen LogP) is 12.4. The molecule has 0 spiro atoms. The van der Waals surface area contributed by atoms with Crippen molar-refractivity contribution in [2.75, 3.05) is 0 Å². The van der Waals surface area contributed by atoms with E-state index in [4.69, 9.17) is 30.8 Å². The molecular formula is C47H29N3O. The Morgan fingerprint density at radius 3 is 1.84 bits per heavy atom. The van der Waals surface area contributed by atoms with Crippen molar-refractivity contribution in [3.8, 4) is 56.4 Å². The normalized spacial score (nSPS) is 14.8. The zero-order valence-electron chi connectivity index (χ0n) is 38.6. The third-order valence-electron chi connectivity index (χ3n) is 8.93. The van der Waals surface area contributed by atoms with Crippen LogP contribution in [0.1, 0.15) is 16.4 Å². The smallest absolute Gasteiger partial charge is 0.164 e. The first-order valence-corrected chi connectivity index (χ1v) is 16.1. The van der Waals surface area contributed by atoms with Crippen molar-refractivity contribution in [1.82, 2.24) is 15.0 Å². The second-order valence-electron chi connectivity index (χ2n) is 11.9. The maximum absolute atomic E-state index is 9.07. The Bertz CT molecular complexity index is 3560. The summed E-state index contributed by atoms with van der Waals surface area (Å²) < 4.78 is 110. The van der Waals surface area contributed by atoms with Gasteiger partial charge in [-0.1, -0.05) is 151 Å². The van der Waals surface area contributed by atoms with Gasteiger partial charge in [-0.05, 0) is 68.1 Å². The van der Waals surface area contributed by atoms with Gasteiger partial charge in [0, 0.05) is 27.5 Å². The van der Waals surface area contributed by atoms with Crippen molar-refractivity contribution in [2.24, 2.45) is 0 Å². The Kier molecular flexibility index (Phi) is 4.51. The molecule has 0 unspecified atom stereocenters. The lowest BCUT2D eigenvalue weighted by molar-refractivity contribution is 0.669. The van der Waals surface area contributed by atoms with Crippen molar-refractivity contribution >= 4 is 43.5 Å². The highest BCUT2D eigenvalue weighted by Crippen LogP contribution is 2.42. The molecule has 0 N–H and O–H groups in total. The second-order valence-corrected chi connectivity index (χ2v) is 11.9. The van der Waals surface area contributed by atoms with Gasteiger partial charge >= 0.3 is 0 Å². The molecule has 0 radical (unpaired) electrons. The maximum Gasteiger partial charge on any atom is 0.164 e. The van der Waals surface area contributed by atoms with Gasteiger partial charge in [0.15, 0.2) is 17.5 Å². The fraction of sp³-hybridized carbons (Fsp3) is 0. The van der Waals surface area contributed by atoms with E-state index in [0.29, 0.717) is 49.4 Å². The van der Waals surface area contributed by atoms with E-state index in [1.165, 1.54) is 0 Å². The third kappa shape index (κ3) is 5.04. The van der Waals surface area contributed by atoms with Crippen LogP contribution >= 0.6 is 0 Å². The second kappa shape index (κ2) is 11.9. The highest BCUT2D eigenvalue weighted by Gasteiger charge is 2.18. The molecule has 0 bridgehead atoms. The average molecular weight is 664 g/mol. The highest BCUT2D eigenvalue weighted by molar-refractivity contribution is 6.23. The lowest BCUT2D eigenvalue weighted by Gasteiger charge is -2.11. The molecule has 8 aromatic carbocycles. The van der Waals surface area contributed by atoms with Gasteiger partial charge < -0.3 is 4.42 Å². The van der Waals surface area contributed by atoms with Crippen LogP contribution in [0.3, 0.4) is 0 Å². The zero-order chi connectivity index (χ0) is 44.2. The van der Waals surface area contributed by atoms with Crippen LogP contribution in [0.15, 0.2) is 180 Å². The molecule has 0 amide bonds. The summed E-state index contributed by atoms with van der Waals surface area (Å²) >= 11 is 0. The first kappa shape index (κ1) is 19.3. The van der Waals surface area contributed by atoms with Gasteiger partial charge in [-0.2, -0.15) is 0 Å². The molecule has 0 aliphatic carbocycles. The molecule has 4 heteroatoms. The minimum atomic E-state index is -0.544. The summed E-state index contributed by atoms with van der Waals surface area (Å²) in [7, 11) is 0. The fourth-order valence-electron chi connectivity index (χ4n) is 6.55. The van der Waals surface area contributed by atoms with Gasteiger partial charge in [0.2, 0.25) is 0 Å². The summed E-state index contributed by atoms with van der Waals surface area (Å²) in [4.78, 5) is 14.3. The summed E-state index contributed by atoms with van der Waals surface area (Å²) in [6.07, 6.45) is 0. The third-order valence-corrected chi connectivity index (χ3v) is 8.93. The first-order valence-electron chi connectivity index (χ1n) is 22.1. The van der Waals surface area contributed by atoms with Crippen molar-refractivity contribution in [2.45, 2.75) is 0 Å². The largest absolute Gasteiger partial charge is 0.456 e. The van der Waals surface area contributed by atoms with Crippen LogP contribution in [0.5, 0.6) is 0 Å². The van der Waals surface area contributed by atoms with Gasteiger partial charge in [0.05, 0.1) is 16.4 Å². The lowest BCUT2D eigenvalue weighted by atomic mass is 9.92. The molecule has 0 saturated carbocycles. The first-order chi connectivity index (χ1) is 30.2. The Hall–Kier alpha value is -6.91. The van der Waals surface area contributed by atoms with Crippen LogP contribution in [0.4, 0.5) is 0 Å². The molecule has 0 fully saturated rings. The Balaban J connectivity index is 1.21. The van der Waals surface area contributed by atoms with Crippen LogP contribution in [0.25, 0.3) is 99.9 Å². The molecule has 0 aliphatic rings. The van der Waals surface area contributed by atoms with Crippen LogP contribution in [-0.2, 0) is 0 Å². The quantitative estimate of drug-likeness (QED) is 0.184. The van der Waals surface area contributed by atoms with Gasteiger partial charge in [-0.25, -0.2) is 15.0 Å². The molecule has 0 atom stereocenters. The van der Waals surface area contributed by atoms with E-state index >= 15 is 0 Å². The van der Waals surface area contributed by atoms with Gasteiger partial charge in [-0.3, -0.25) is 0 Å². The summed E-state index contributed by atoms with van der Waals surface area (Å²) in [5.74, 6) is 0.247. The molecule has 238 valence electrons. The molecule has 0 saturated heterocycles. The molecular weight excluding hydrogens is 623 g/mol. The zero-order valence-corrected chi connectivity index (χ0v) is 26.6. The van der Waals surface area contributed by atoms with Crippen LogP contribution in [0, 0.1) is 0 Å². The summed E-state index contributed by atoms with van der Waals surface area (Å²) in [6, 6.07) is 25.9. The monoisotopic (exact) mass is 663 g/mol. The van der Waals surface area contributed by atoms with E-state index < -0.39 is 66.5 Å². The number of hydrogen-bond donors (Lipinski definition) is 0. The van der Waals surface area contributed by atoms with E-state index in [-0.39, 0.29) is 45.4 Å². The van der Waals surface area contributed by atoms with E-state index in [1.807, 2.05) is 78.9 Å². The minimum absolute atomic E-state index is 0.0369. The van der Waals surface area contributed by atoms with Crippen molar-refractivity contribution in [3.05, 3.63) is 176 Å². The maximum atomic E-state index is 9.07. The molecule has 2 heterocycles. The topological polar surface area (TPSA) is 51.8 Å². The van der Waals surface area contributed by atoms with E-state index in [2.05, 4.69) is 4.98 Å². The summed E-state index contributed by atoms with van der Waals surface area (Å²) in [5, 5.41) is 2.40. The Morgan fingerprint density at radius 1 is 0.392 bits per heavy atom. The SMILES string of the molecule is [2H]c1c([2H])c([2H])c(-c2nc(-c3ccc(-c4ccccc4)cc3)nc(-c3ccc4oc5cc(-c6c([2H])c([2H])c([2H])c7c([2H])c([2H])c([2H])c([2H])c67)c6ccccc6c5c4c3)n2)c([2H])c1[2H]. The molecule has 4 nitrogen and oxygen atoms in total. The average Bonchev–Trinajstić information content (AvgIpc) is 3.68. The number of benzene rings is 8. The van der Waals surface area contributed by atoms with Crippen LogP contribution in [-0.4, -0.2) is 15.0 Å². The Morgan fingerprint density at radius 2 is 1.02 bits per heavy atom. The molecule has 2 aromatic heterocycles. The molecule has 10 aromatic rings. The van der Waals surface area contributed by atoms with Crippen molar-refractivity contribution in [1.29, 1.82) is 0 Å². The number of rotatable bonds is 5. The molecule has 0 aliphatic heterocycles. The number of aromatic nitrogens is 3. The van der Waals surface area contributed by atoms with E-state index in [9.17, 15) is 0 Å². The lowest BCUT2D eigenvalue weighted by Crippen LogP contribution is -2.00. The van der Waals surface area contributed by atoms with Crippen molar-refractivity contribution in [3.63, 3.8) is 0 Å². The number of nitrogens with zero attached hydrogens (tertiary/aromatic N) is 3. The van der Waals surface area contributed by atoms with Crippen LogP contribution < -0.4 is 0 Å². The minimum Gasteiger partial charge on any atom is -0.456 e. The fourth-order valence-corrected chi connectivity index (χ4v) is 6.55. The summed E-state index contributed by atoms with van der Waals surface area (Å²) in [6.45, 7) is 0. The Labute approximate surface area is 311 Å². The predicted molar refractivity (Wildman–Crippen MR) is 209 cm³/mol. The highest BCUT2D eigenvalue weighted by atomic mass is 16.3. The summed E-state index contributed by atoms with van der Waals surface area (Å²) in [5.41, 5.74) is 4.18. The number of furan rings is 1. The molecule has 10 rings (SSSR count). The number of fused-ring (bicyclic) bond motifs is 6. The van der Waals surface area contributed by atoms with Crippen LogP contribution in [0.2, 0.25) is 0 Å². The van der Waals surface area contributed by atoms with Gasteiger partial charge in [-0.15, -0.1) is 0 Å². The number of hydrogen-bond acceptors (Lipinski definition) is 4. The standard InChI is InChI=1S/C47H29N3O/c1-3-12-30(13-4-1)31-22-24-34(25-23-31)46-48-45(33-15-5-2-6-16-33)49-47(50-46)35-26-27-42-41(28-35)44-39-20-10-9-19-38(39)40(29-43(44)51-42)37-21-11-17-32-14-7-8-18-36(32)37/h1-29H/i2D,5D,6D,7D,8D,11D,14D,15D,16D,17D,18D,21D. The van der Waals surface area contributed by atoms with Gasteiger partial charge in [0.1, 0.15) is 11.2 Å². The molecule has 51 heavy (non-hydrogen) atoms.